The van der Waals surface area contributed by atoms with Crippen LogP contribution in [0, 0.1) is 0 Å². The van der Waals surface area contributed by atoms with Gasteiger partial charge in [-0.2, -0.15) is 0 Å². The van der Waals surface area contributed by atoms with Gasteiger partial charge in [0.25, 0.3) is 0 Å². The van der Waals surface area contributed by atoms with Crippen LogP contribution in [0.2, 0.25) is 0 Å². The predicted octanol–water partition coefficient (Wildman–Crippen LogP) is 1.60. The van der Waals surface area contributed by atoms with Gasteiger partial charge in [0.2, 0.25) is 0 Å². The fourth-order valence-electron chi connectivity index (χ4n) is 3.14. The molecule has 1 saturated heterocycles. The van der Waals surface area contributed by atoms with E-state index in [4.69, 9.17) is 9.47 Å². The van der Waals surface area contributed by atoms with Crippen LogP contribution in [0.4, 0.5) is 0 Å². The molecule has 1 aliphatic carbocycles. The lowest BCUT2D eigenvalue weighted by atomic mass is 10.1. The molecule has 1 aliphatic heterocycles. The third kappa shape index (κ3) is 3.14. The Morgan fingerprint density at radius 1 is 1.35 bits per heavy atom. The van der Waals surface area contributed by atoms with Crippen LogP contribution in [-0.4, -0.2) is 51.4 Å². The topological polar surface area (TPSA) is 33.7 Å². The summed E-state index contributed by atoms with van der Waals surface area (Å²) in [6.07, 6.45) is 2.38. The van der Waals surface area contributed by atoms with E-state index >= 15 is 0 Å². The minimum Gasteiger partial charge on any atom is -0.497 e. The number of benzene rings is 1. The number of hydrogen-bond acceptors (Lipinski definition) is 4. The lowest BCUT2D eigenvalue weighted by Gasteiger charge is -2.27. The van der Waals surface area contributed by atoms with E-state index in [0.717, 1.165) is 45.1 Å². The van der Waals surface area contributed by atoms with Crippen molar-refractivity contribution in [1.82, 2.24) is 10.2 Å². The Hall–Kier alpha value is -1.10. The number of aryl methyl sites for hydroxylation is 1. The van der Waals surface area contributed by atoms with Crippen molar-refractivity contribution >= 4 is 0 Å². The maximum atomic E-state index is 5.38. The molecule has 1 heterocycles. The van der Waals surface area contributed by atoms with Crippen LogP contribution in [0.15, 0.2) is 18.2 Å². The van der Waals surface area contributed by atoms with Gasteiger partial charge in [0.1, 0.15) is 5.75 Å². The number of hydrogen-bond donors (Lipinski definition) is 1. The Labute approximate surface area is 121 Å². The van der Waals surface area contributed by atoms with Gasteiger partial charge in [0, 0.05) is 32.2 Å². The Bertz CT molecular complexity index is 444. The zero-order valence-electron chi connectivity index (χ0n) is 12.2. The standard InChI is InChI=1S/C16H24N2O2/c1-19-14-4-2-13-3-5-16(15(13)12-14)17-6-7-18-8-10-20-11-9-18/h2,4,12,16-17H,3,5-11H2,1H3. The summed E-state index contributed by atoms with van der Waals surface area (Å²) >= 11 is 0. The number of fused-ring (bicyclic) bond motifs is 1. The SMILES string of the molecule is COc1ccc2c(c1)C(NCCN1CCOCC1)CC2. The van der Waals surface area contributed by atoms with E-state index in [0.29, 0.717) is 6.04 Å². The maximum Gasteiger partial charge on any atom is 0.119 e. The van der Waals surface area contributed by atoms with E-state index in [2.05, 4.69) is 28.4 Å². The lowest BCUT2D eigenvalue weighted by molar-refractivity contribution is 0.0381. The van der Waals surface area contributed by atoms with Crippen molar-refractivity contribution in [2.24, 2.45) is 0 Å². The molecule has 1 N–H and O–H groups in total. The third-order valence-corrected chi connectivity index (χ3v) is 4.35. The van der Waals surface area contributed by atoms with Gasteiger partial charge >= 0.3 is 0 Å². The van der Waals surface area contributed by atoms with Gasteiger partial charge in [-0.1, -0.05) is 6.07 Å². The molecule has 1 fully saturated rings. The monoisotopic (exact) mass is 276 g/mol. The Kier molecular flexibility index (Phi) is 4.55. The Morgan fingerprint density at radius 3 is 3.00 bits per heavy atom. The second-order valence-corrected chi connectivity index (χ2v) is 5.56. The normalized spacial score (nSPS) is 22.8. The van der Waals surface area contributed by atoms with Crippen molar-refractivity contribution in [2.45, 2.75) is 18.9 Å². The highest BCUT2D eigenvalue weighted by atomic mass is 16.5. The van der Waals surface area contributed by atoms with Crippen molar-refractivity contribution in [2.75, 3.05) is 46.5 Å². The van der Waals surface area contributed by atoms with Crippen LogP contribution in [0.5, 0.6) is 5.75 Å². The zero-order valence-corrected chi connectivity index (χ0v) is 12.2. The van der Waals surface area contributed by atoms with Gasteiger partial charge < -0.3 is 14.8 Å². The van der Waals surface area contributed by atoms with Crippen molar-refractivity contribution in [3.05, 3.63) is 29.3 Å². The summed E-state index contributed by atoms with van der Waals surface area (Å²) in [5.41, 5.74) is 2.89. The van der Waals surface area contributed by atoms with Gasteiger partial charge in [-0.3, -0.25) is 4.90 Å². The van der Waals surface area contributed by atoms with Gasteiger partial charge in [-0.25, -0.2) is 0 Å². The van der Waals surface area contributed by atoms with Gasteiger partial charge in [0.15, 0.2) is 0 Å². The fraction of sp³-hybridized carbons (Fsp3) is 0.625. The third-order valence-electron chi connectivity index (χ3n) is 4.35. The minimum atomic E-state index is 0.487. The molecule has 0 radical (unpaired) electrons. The first-order valence-corrected chi connectivity index (χ1v) is 7.57. The van der Waals surface area contributed by atoms with Crippen LogP contribution in [0.25, 0.3) is 0 Å². The van der Waals surface area contributed by atoms with Crippen LogP contribution < -0.4 is 10.1 Å². The lowest BCUT2D eigenvalue weighted by Crippen LogP contribution is -2.40. The average molecular weight is 276 g/mol. The number of nitrogens with zero attached hydrogens (tertiary/aromatic N) is 1. The summed E-state index contributed by atoms with van der Waals surface area (Å²) < 4.78 is 10.7. The molecule has 110 valence electrons. The smallest absolute Gasteiger partial charge is 0.119 e. The molecule has 1 atom stereocenters. The Balaban J connectivity index is 1.52. The molecule has 0 spiro atoms. The molecule has 1 unspecified atom stereocenters. The van der Waals surface area contributed by atoms with Gasteiger partial charge in [-0.15, -0.1) is 0 Å². The summed E-state index contributed by atoms with van der Waals surface area (Å²) in [5.74, 6) is 0.964. The number of morpholine rings is 1. The molecular weight excluding hydrogens is 252 g/mol. The Morgan fingerprint density at radius 2 is 2.20 bits per heavy atom. The van der Waals surface area contributed by atoms with Crippen LogP contribution >= 0.6 is 0 Å². The van der Waals surface area contributed by atoms with Gasteiger partial charge in [0.05, 0.1) is 20.3 Å². The maximum absolute atomic E-state index is 5.38. The molecule has 0 saturated carbocycles. The van der Waals surface area contributed by atoms with E-state index in [9.17, 15) is 0 Å². The van der Waals surface area contributed by atoms with E-state index in [-0.39, 0.29) is 0 Å². The highest BCUT2D eigenvalue weighted by molar-refractivity contribution is 5.40. The van der Waals surface area contributed by atoms with E-state index in [1.165, 1.54) is 24.0 Å². The fourth-order valence-corrected chi connectivity index (χ4v) is 3.14. The van der Waals surface area contributed by atoms with Crippen molar-refractivity contribution in [3.63, 3.8) is 0 Å². The van der Waals surface area contributed by atoms with Crippen LogP contribution in [0.1, 0.15) is 23.6 Å². The molecule has 3 rings (SSSR count). The van der Waals surface area contributed by atoms with E-state index in [1.54, 1.807) is 7.11 Å². The second-order valence-electron chi connectivity index (χ2n) is 5.56. The summed E-state index contributed by atoms with van der Waals surface area (Å²) in [7, 11) is 1.73. The molecule has 1 aromatic carbocycles. The molecule has 0 amide bonds. The molecule has 1 aromatic rings. The van der Waals surface area contributed by atoms with Crippen molar-refractivity contribution in [1.29, 1.82) is 0 Å². The van der Waals surface area contributed by atoms with E-state index in [1.807, 2.05) is 0 Å². The molecule has 2 aliphatic rings. The second kappa shape index (κ2) is 6.57. The van der Waals surface area contributed by atoms with Crippen molar-refractivity contribution in [3.8, 4) is 5.75 Å². The molecule has 0 bridgehead atoms. The molecular formula is C16H24N2O2. The summed E-state index contributed by atoms with van der Waals surface area (Å²) in [6, 6.07) is 6.95. The first-order chi connectivity index (χ1) is 9.86. The molecule has 0 aromatic heterocycles. The summed E-state index contributed by atoms with van der Waals surface area (Å²) in [6.45, 7) is 6.04. The average Bonchev–Trinajstić information content (AvgIpc) is 2.91. The zero-order chi connectivity index (χ0) is 13.8. The highest BCUT2D eigenvalue weighted by Gasteiger charge is 2.22. The largest absolute Gasteiger partial charge is 0.497 e. The number of rotatable bonds is 5. The summed E-state index contributed by atoms with van der Waals surface area (Å²) in [5, 5.41) is 3.70. The number of ether oxygens (including phenoxy) is 2. The summed E-state index contributed by atoms with van der Waals surface area (Å²) in [4.78, 5) is 2.47. The number of nitrogens with one attached hydrogen (secondary N) is 1. The molecule has 20 heavy (non-hydrogen) atoms. The van der Waals surface area contributed by atoms with E-state index < -0.39 is 0 Å². The first kappa shape index (κ1) is 13.9. The highest BCUT2D eigenvalue weighted by Crippen LogP contribution is 2.33. The molecule has 4 heteroatoms. The molecule has 4 nitrogen and oxygen atoms in total. The van der Waals surface area contributed by atoms with Crippen molar-refractivity contribution < 1.29 is 9.47 Å². The quantitative estimate of drug-likeness (QED) is 0.886. The van der Waals surface area contributed by atoms with Crippen LogP contribution in [-0.2, 0) is 11.2 Å². The predicted molar refractivity (Wildman–Crippen MR) is 79.3 cm³/mol. The minimum absolute atomic E-state index is 0.487. The first-order valence-electron chi connectivity index (χ1n) is 7.57. The number of methoxy groups -OCH3 is 1. The van der Waals surface area contributed by atoms with Crippen LogP contribution in [0.3, 0.4) is 0 Å². The van der Waals surface area contributed by atoms with Gasteiger partial charge in [-0.05, 0) is 36.1 Å².